The van der Waals surface area contributed by atoms with Crippen molar-refractivity contribution >= 4 is 11.8 Å². The highest BCUT2D eigenvalue weighted by Crippen LogP contribution is 2.18. The molecule has 168 valence electrons. The van der Waals surface area contributed by atoms with Gasteiger partial charge in [0.1, 0.15) is 11.5 Å². The fraction of sp³-hybridized carbons (Fsp3) is 0.292. The number of hydrogen-bond donors (Lipinski definition) is 1. The van der Waals surface area contributed by atoms with Crippen molar-refractivity contribution in [3.8, 4) is 11.5 Å². The van der Waals surface area contributed by atoms with Gasteiger partial charge in [0.05, 0.1) is 20.8 Å². The summed E-state index contributed by atoms with van der Waals surface area (Å²) in [6.07, 6.45) is 0.636. The van der Waals surface area contributed by atoms with Crippen LogP contribution in [-0.2, 0) is 13.0 Å². The molecule has 0 aliphatic rings. The molecular weight excluding hydrogens is 410 g/mol. The summed E-state index contributed by atoms with van der Waals surface area (Å²) < 4.78 is 15.8. The Morgan fingerprint density at radius 1 is 1.03 bits per heavy atom. The topological polar surface area (TPSA) is 93.9 Å². The zero-order valence-corrected chi connectivity index (χ0v) is 18.5. The lowest BCUT2D eigenvalue weighted by atomic mass is 10.1. The number of aromatic nitrogens is 1. The van der Waals surface area contributed by atoms with Gasteiger partial charge in [-0.2, -0.15) is 0 Å². The second-order valence-electron chi connectivity index (χ2n) is 7.09. The third-order valence-electron chi connectivity index (χ3n) is 4.91. The number of carbonyl (C=O) groups excluding carboxylic acids is 2. The first-order chi connectivity index (χ1) is 15.5. The summed E-state index contributed by atoms with van der Waals surface area (Å²) in [5, 5.41) is 6.51. The van der Waals surface area contributed by atoms with Crippen molar-refractivity contribution in [2.75, 3.05) is 27.3 Å². The molecule has 2 amide bonds. The number of amides is 2. The summed E-state index contributed by atoms with van der Waals surface area (Å²) in [5.74, 6) is 1.32. The number of benzene rings is 2. The van der Waals surface area contributed by atoms with Crippen molar-refractivity contribution in [3.05, 3.63) is 77.2 Å². The molecule has 0 saturated carbocycles. The molecule has 0 spiro atoms. The smallest absolute Gasteiger partial charge is 0.273 e. The van der Waals surface area contributed by atoms with Gasteiger partial charge in [-0.15, -0.1) is 0 Å². The number of hydrogen-bond acceptors (Lipinski definition) is 6. The van der Waals surface area contributed by atoms with Gasteiger partial charge in [0, 0.05) is 24.7 Å². The van der Waals surface area contributed by atoms with E-state index in [0.717, 1.165) is 11.3 Å². The van der Waals surface area contributed by atoms with E-state index in [-0.39, 0.29) is 24.1 Å². The van der Waals surface area contributed by atoms with Crippen LogP contribution in [0.1, 0.15) is 39.1 Å². The monoisotopic (exact) mass is 437 g/mol. The maximum atomic E-state index is 13.3. The zero-order valence-electron chi connectivity index (χ0n) is 18.5. The molecule has 3 aromatic rings. The number of ether oxygens (including phenoxy) is 2. The molecule has 8 heteroatoms. The highest BCUT2D eigenvalue weighted by molar-refractivity contribution is 5.94. The minimum absolute atomic E-state index is 0.173. The molecule has 0 bridgehead atoms. The molecule has 0 unspecified atom stereocenters. The van der Waals surface area contributed by atoms with Crippen LogP contribution in [0.2, 0.25) is 0 Å². The third-order valence-corrected chi connectivity index (χ3v) is 4.91. The number of methoxy groups -OCH3 is 2. The second kappa shape index (κ2) is 11.0. The average Bonchev–Trinajstić information content (AvgIpc) is 3.30. The van der Waals surface area contributed by atoms with Crippen LogP contribution >= 0.6 is 0 Å². The van der Waals surface area contributed by atoms with E-state index < -0.39 is 0 Å². The normalized spacial score (nSPS) is 10.5. The zero-order chi connectivity index (χ0) is 22.9. The lowest BCUT2D eigenvalue weighted by Crippen LogP contribution is -2.32. The average molecular weight is 437 g/mol. The lowest BCUT2D eigenvalue weighted by molar-refractivity contribution is 0.0728. The van der Waals surface area contributed by atoms with Crippen LogP contribution in [0, 0.1) is 0 Å². The minimum atomic E-state index is -0.314. The molecule has 0 radical (unpaired) electrons. The van der Waals surface area contributed by atoms with Gasteiger partial charge in [-0.25, -0.2) is 0 Å². The van der Waals surface area contributed by atoms with Crippen LogP contribution in [0.4, 0.5) is 0 Å². The molecule has 1 aromatic heterocycles. The van der Waals surface area contributed by atoms with E-state index in [1.54, 1.807) is 49.5 Å². The van der Waals surface area contributed by atoms with E-state index >= 15 is 0 Å². The third kappa shape index (κ3) is 5.87. The van der Waals surface area contributed by atoms with Gasteiger partial charge in [-0.05, 0) is 49.2 Å². The fourth-order valence-electron chi connectivity index (χ4n) is 3.18. The quantitative estimate of drug-likeness (QED) is 0.523. The summed E-state index contributed by atoms with van der Waals surface area (Å²) in [5.41, 5.74) is 1.75. The molecule has 0 atom stereocenters. The van der Waals surface area contributed by atoms with E-state index in [0.29, 0.717) is 36.6 Å². The Morgan fingerprint density at radius 2 is 1.78 bits per heavy atom. The van der Waals surface area contributed by atoms with E-state index in [1.165, 1.54) is 0 Å². The van der Waals surface area contributed by atoms with Gasteiger partial charge in [0.2, 0.25) is 0 Å². The van der Waals surface area contributed by atoms with Crippen LogP contribution in [-0.4, -0.2) is 49.2 Å². The Bertz CT molecular complexity index is 1050. The van der Waals surface area contributed by atoms with Crippen molar-refractivity contribution in [2.45, 2.75) is 19.9 Å². The van der Waals surface area contributed by atoms with E-state index in [9.17, 15) is 9.59 Å². The maximum Gasteiger partial charge on any atom is 0.273 e. The highest BCUT2D eigenvalue weighted by Gasteiger charge is 2.20. The van der Waals surface area contributed by atoms with Gasteiger partial charge in [0.15, 0.2) is 11.5 Å². The predicted octanol–water partition coefficient (Wildman–Crippen LogP) is 3.33. The lowest BCUT2D eigenvalue weighted by Gasteiger charge is -2.22. The van der Waals surface area contributed by atoms with E-state index in [2.05, 4.69) is 10.5 Å². The number of rotatable bonds is 10. The second-order valence-corrected chi connectivity index (χ2v) is 7.09. The van der Waals surface area contributed by atoms with Crippen LogP contribution in [0.15, 0.2) is 59.1 Å². The minimum Gasteiger partial charge on any atom is -0.497 e. The SMILES string of the molecule is CCNC(=O)c1cc(CN(CCc2ccc(OC)cc2)C(=O)c2cccc(OC)c2)on1. The first kappa shape index (κ1) is 22.9. The molecule has 0 aliphatic carbocycles. The fourth-order valence-corrected chi connectivity index (χ4v) is 3.18. The first-order valence-corrected chi connectivity index (χ1v) is 10.3. The Kier molecular flexibility index (Phi) is 7.85. The Balaban J connectivity index is 1.79. The van der Waals surface area contributed by atoms with Gasteiger partial charge >= 0.3 is 0 Å². The molecule has 2 aromatic carbocycles. The highest BCUT2D eigenvalue weighted by atomic mass is 16.5. The summed E-state index contributed by atoms with van der Waals surface area (Å²) >= 11 is 0. The number of nitrogens with one attached hydrogen (secondary N) is 1. The largest absolute Gasteiger partial charge is 0.497 e. The molecule has 1 N–H and O–H groups in total. The molecule has 1 heterocycles. The van der Waals surface area contributed by atoms with Crippen molar-refractivity contribution in [2.24, 2.45) is 0 Å². The van der Waals surface area contributed by atoms with E-state index in [1.807, 2.05) is 31.2 Å². The van der Waals surface area contributed by atoms with Crippen molar-refractivity contribution in [3.63, 3.8) is 0 Å². The van der Waals surface area contributed by atoms with Crippen LogP contribution in [0.25, 0.3) is 0 Å². The summed E-state index contributed by atoms with van der Waals surface area (Å²) in [6, 6.07) is 16.3. The van der Waals surface area contributed by atoms with Gasteiger partial charge < -0.3 is 24.2 Å². The summed E-state index contributed by atoms with van der Waals surface area (Å²) in [7, 11) is 3.18. The molecule has 8 nitrogen and oxygen atoms in total. The summed E-state index contributed by atoms with van der Waals surface area (Å²) in [4.78, 5) is 27.0. The van der Waals surface area contributed by atoms with Crippen molar-refractivity contribution < 1.29 is 23.6 Å². The Hall–Kier alpha value is -3.81. The van der Waals surface area contributed by atoms with Crippen molar-refractivity contribution in [1.82, 2.24) is 15.4 Å². The molecule has 32 heavy (non-hydrogen) atoms. The molecule has 0 saturated heterocycles. The van der Waals surface area contributed by atoms with Crippen molar-refractivity contribution in [1.29, 1.82) is 0 Å². The molecule has 0 fully saturated rings. The van der Waals surface area contributed by atoms with Crippen LogP contribution in [0.5, 0.6) is 11.5 Å². The molecule has 0 aliphatic heterocycles. The number of nitrogens with zero attached hydrogens (tertiary/aromatic N) is 2. The standard InChI is InChI=1S/C24H27N3O5/c1-4-25-23(28)22-15-21(32-26-22)16-27(13-12-17-8-10-19(30-2)11-9-17)24(29)18-6-5-7-20(14-18)31-3/h5-11,14-15H,4,12-13,16H2,1-3H3,(H,25,28). The maximum absolute atomic E-state index is 13.3. The van der Waals surface area contributed by atoms with E-state index in [4.69, 9.17) is 14.0 Å². The Morgan fingerprint density at radius 3 is 2.47 bits per heavy atom. The van der Waals surface area contributed by atoms with Crippen LogP contribution in [0.3, 0.4) is 0 Å². The van der Waals surface area contributed by atoms with Gasteiger partial charge in [0.25, 0.3) is 11.8 Å². The van der Waals surface area contributed by atoms with Gasteiger partial charge in [-0.1, -0.05) is 23.4 Å². The van der Waals surface area contributed by atoms with Crippen LogP contribution < -0.4 is 14.8 Å². The first-order valence-electron chi connectivity index (χ1n) is 10.3. The predicted molar refractivity (Wildman–Crippen MR) is 119 cm³/mol. The molecule has 3 rings (SSSR count). The Labute approximate surface area is 187 Å². The molecular formula is C24H27N3O5. The number of carbonyl (C=O) groups is 2. The van der Waals surface area contributed by atoms with Gasteiger partial charge in [-0.3, -0.25) is 9.59 Å². The summed E-state index contributed by atoms with van der Waals surface area (Å²) in [6.45, 7) is 2.94.